The topological polar surface area (TPSA) is 155 Å². The number of aliphatic hydroxyl groups is 2. The largest absolute Gasteiger partial charge is 0.476 e. The highest BCUT2D eigenvalue weighted by atomic mass is 16.6. The highest BCUT2D eigenvalue weighted by Gasteiger charge is 2.23. The molecule has 0 bridgehead atoms. The standard InChI is InChI=1S/C14H21N3O6/c1-14(2,3)23-13(22)17-6-9(18)11(19)7-4-8(15)10(12(20)21)16-5-7/h4-5,9,11,18-19H,6,15H2,1-3H3,(H,17,22)(H,20,21). The van der Waals surface area contributed by atoms with Crippen LogP contribution in [0.25, 0.3) is 0 Å². The number of hydrogen-bond donors (Lipinski definition) is 5. The number of ether oxygens (including phenoxy) is 1. The monoisotopic (exact) mass is 327 g/mol. The van der Waals surface area contributed by atoms with E-state index >= 15 is 0 Å². The highest BCUT2D eigenvalue weighted by molar-refractivity contribution is 5.91. The fourth-order valence-electron chi connectivity index (χ4n) is 1.68. The van der Waals surface area contributed by atoms with Gasteiger partial charge in [-0.15, -0.1) is 0 Å². The van der Waals surface area contributed by atoms with Gasteiger partial charge in [-0.2, -0.15) is 0 Å². The number of anilines is 1. The van der Waals surface area contributed by atoms with Crippen LogP contribution in [0.1, 0.15) is 42.9 Å². The minimum Gasteiger partial charge on any atom is -0.476 e. The molecule has 9 heteroatoms. The summed E-state index contributed by atoms with van der Waals surface area (Å²) in [6, 6.07) is 1.21. The van der Waals surface area contributed by atoms with Gasteiger partial charge in [0.25, 0.3) is 0 Å². The van der Waals surface area contributed by atoms with Crippen molar-refractivity contribution in [1.82, 2.24) is 10.3 Å². The number of nitrogens with zero attached hydrogens (tertiary/aromatic N) is 1. The van der Waals surface area contributed by atoms with Gasteiger partial charge in [-0.25, -0.2) is 14.6 Å². The molecule has 0 aliphatic carbocycles. The molecule has 1 rings (SSSR count). The van der Waals surface area contributed by atoms with Crippen molar-refractivity contribution in [2.75, 3.05) is 12.3 Å². The molecule has 1 heterocycles. The second-order valence-electron chi connectivity index (χ2n) is 5.91. The quantitative estimate of drug-likeness (QED) is 0.516. The van der Waals surface area contributed by atoms with Crippen molar-refractivity contribution in [1.29, 1.82) is 0 Å². The fourth-order valence-corrected chi connectivity index (χ4v) is 1.68. The SMILES string of the molecule is CC(C)(C)OC(=O)NCC(O)C(O)c1cnc(C(=O)O)c(N)c1. The van der Waals surface area contributed by atoms with Crippen LogP contribution in [0, 0.1) is 0 Å². The maximum absolute atomic E-state index is 11.5. The fraction of sp³-hybridized carbons (Fsp3) is 0.500. The number of carboxylic acid groups (broad SMARTS) is 1. The van der Waals surface area contributed by atoms with Crippen molar-refractivity contribution < 1.29 is 29.6 Å². The summed E-state index contributed by atoms with van der Waals surface area (Å²) in [5.41, 5.74) is 4.49. The summed E-state index contributed by atoms with van der Waals surface area (Å²) < 4.78 is 4.99. The molecule has 1 aromatic heterocycles. The molecular formula is C14H21N3O6. The van der Waals surface area contributed by atoms with E-state index in [1.807, 2.05) is 0 Å². The summed E-state index contributed by atoms with van der Waals surface area (Å²) >= 11 is 0. The minimum atomic E-state index is -1.40. The van der Waals surface area contributed by atoms with Crippen LogP contribution in [0.3, 0.4) is 0 Å². The van der Waals surface area contributed by atoms with E-state index in [9.17, 15) is 19.8 Å². The molecule has 2 atom stereocenters. The van der Waals surface area contributed by atoms with Gasteiger partial charge in [-0.05, 0) is 26.8 Å². The number of carbonyl (C=O) groups is 2. The van der Waals surface area contributed by atoms with Crippen LogP contribution in [-0.2, 0) is 4.74 Å². The molecule has 9 nitrogen and oxygen atoms in total. The van der Waals surface area contributed by atoms with E-state index < -0.39 is 29.9 Å². The maximum Gasteiger partial charge on any atom is 0.407 e. The Kier molecular flexibility index (Phi) is 5.88. The summed E-state index contributed by atoms with van der Waals surface area (Å²) in [5.74, 6) is -1.30. The Hall–Kier alpha value is -2.39. The van der Waals surface area contributed by atoms with E-state index in [2.05, 4.69) is 10.3 Å². The lowest BCUT2D eigenvalue weighted by molar-refractivity contribution is 0.0127. The number of aromatic nitrogens is 1. The van der Waals surface area contributed by atoms with Crippen molar-refractivity contribution in [2.24, 2.45) is 0 Å². The predicted octanol–water partition coefficient (Wildman–Crippen LogP) is 0.281. The molecule has 1 amide bonds. The Balaban J connectivity index is 2.66. The lowest BCUT2D eigenvalue weighted by Crippen LogP contribution is -2.38. The summed E-state index contributed by atoms with van der Waals surface area (Å²) in [6.45, 7) is 4.81. The van der Waals surface area contributed by atoms with Crippen LogP contribution in [0.15, 0.2) is 12.3 Å². The molecule has 0 saturated carbocycles. The molecule has 0 aliphatic heterocycles. The van der Waals surface area contributed by atoms with E-state index in [0.717, 1.165) is 6.20 Å². The first-order valence-electron chi connectivity index (χ1n) is 6.83. The number of carboxylic acids is 1. The van der Waals surface area contributed by atoms with Crippen molar-refractivity contribution in [3.05, 3.63) is 23.5 Å². The average Bonchev–Trinajstić information content (AvgIpc) is 2.41. The Morgan fingerprint density at radius 2 is 2.00 bits per heavy atom. The Labute approximate surface area is 133 Å². The molecule has 0 saturated heterocycles. The van der Waals surface area contributed by atoms with Crippen LogP contribution in [0.2, 0.25) is 0 Å². The molecule has 128 valence electrons. The molecular weight excluding hydrogens is 306 g/mol. The third-order valence-corrected chi connectivity index (χ3v) is 2.70. The number of hydrogen-bond acceptors (Lipinski definition) is 7. The number of aliphatic hydroxyl groups excluding tert-OH is 2. The first kappa shape index (κ1) is 18.7. The molecule has 6 N–H and O–H groups in total. The number of amides is 1. The van der Waals surface area contributed by atoms with Gasteiger partial charge in [0.2, 0.25) is 0 Å². The zero-order chi connectivity index (χ0) is 17.8. The van der Waals surface area contributed by atoms with Crippen molar-refractivity contribution in [3.63, 3.8) is 0 Å². The third-order valence-electron chi connectivity index (χ3n) is 2.70. The number of aromatic carboxylic acids is 1. The number of pyridine rings is 1. The highest BCUT2D eigenvalue weighted by Crippen LogP contribution is 2.20. The third kappa shape index (κ3) is 5.72. The van der Waals surface area contributed by atoms with E-state index in [-0.39, 0.29) is 23.5 Å². The van der Waals surface area contributed by atoms with Crippen LogP contribution in [0.5, 0.6) is 0 Å². The van der Waals surface area contributed by atoms with Gasteiger partial charge in [-0.3, -0.25) is 0 Å². The number of rotatable bonds is 5. The summed E-state index contributed by atoms with van der Waals surface area (Å²) in [6.07, 6.45) is -2.38. The molecule has 0 aromatic carbocycles. The van der Waals surface area contributed by atoms with Crippen LogP contribution in [0.4, 0.5) is 10.5 Å². The van der Waals surface area contributed by atoms with E-state index in [0.29, 0.717) is 0 Å². The Bertz CT molecular complexity index is 584. The maximum atomic E-state index is 11.5. The van der Waals surface area contributed by atoms with Gasteiger partial charge < -0.3 is 31.1 Å². The van der Waals surface area contributed by atoms with Crippen LogP contribution in [-0.4, -0.2) is 50.6 Å². The molecule has 0 spiro atoms. The number of carbonyl (C=O) groups excluding carboxylic acids is 1. The van der Waals surface area contributed by atoms with Crippen LogP contribution >= 0.6 is 0 Å². The lowest BCUT2D eigenvalue weighted by atomic mass is 10.1. The average molecular weight is 327 g/mol. The smallest absolute Gasteiger partial charge is 0.407 e. The Morgan fingerprint density at radius 1 is 1.39 bits per heavy atom. The molecule has 1 aromatic rings. The summed E-state index contributed by atoms with van der Waals surface area (Å²) in [7, 11) is 0. The van der Waals surface area contributed by atoms with E-state index in [1.165, 1.54) is 6.07 Å². The van der Waals surface area contributed by atoms with Crippen molar-refractivity contribution in [3.8, 4) is 0 Å². The molecule has 0 radical (unpaired) electrons. The zero-order valence-electron chi connectivity index (χ0n) is 13.1. The van der Waals surface area contributed by atoms with Gasteiger partial charge in [0.15, 0.2) is 5.69 Å². The van der Waals surface area contributed by atoms with Gasteiger partial charge in [0, 0.05) is 18.3 Å². The zero-order valence-corrected chi connectivity index (χ0v) is 13.1. The summed E-state index contributed by atoms with van der Waals surface area (Å²) in [4.78, 5) is 25.9. The molecule has 2 unspecified atom stereocenters. The van der Waals surface area contributed by atoms with Crippen molar-refractivity contribution >= 4 is 17.7 Å². The lowest BCUT2D eigenvalue weighted by Gasteiger charge is -2.22. The summed E-state index contributed by atoms with van der Waals surface area (Å²) in [5, 5.41) is 31.0. The van der Waals surface area contributed by atoms with E-state index in [4.69, 9.17) is 15.6 Å². The first-order valence-corrected chi connectivity index (χ1v) is 6.83. The van der Waals surface area contributed by atoms with Gasteiger partial charge >= 0.3 is 12.1 Å². The number of alkyl carbamates (subject to hydrolysis) is 1. The van der Waals surface area contributed by atoms with Crippen LogP contribution < -0.4 is 11.1 Å². The molecule has 0 fully saturated rings. The van der Waals surface area contributed by atoms with E-state index in [1.54, 1.807) is 20.8 Å². The van der Waals surface area contributed by atoms with Crippen molar-refractivity contribution in [2.45, 2.75) is 38.6 Å². The second-order valence-corrected chi connectivity index (χ2v) is 5.91. The molecule has 0 aliphatic rings. The second kappa shape index (κ2) is 7.25. The number of nitrogens with one attached hydrogen (secondary N) is 1. The first-order chi connectivity index (χ1) is 10.5. The van der Waals surface area contributed by atoms with Gasteiger partial charge in [-0.1, -0.05) is 0 Å². The number of nitrogen functional groups attached to an aromatic ring is 1. The minimum absolute atomic E-state index is 0.131. The van der Waals surface area contributed by atoms with Gasteiger partial charge in [0.1, 0.15) is 17.8 Å². The normalized spacial score (nSPS) is 14.0. The predicted molar refractivity (Wildman–Crippen MR) is 80.8 cm³/mol. The Morgan fingerprint density at radius 3 is 2.48 bits per heavy atom. The number of nitrogens with two attached hydrogens (primary N) is 1. The molecule has 23 heavy (non-hydrogen) atoms. The van der Waals surface area contributed by atoms with Gasteiger partial charge in [0.05, 0.1) is 5.69 Å².